The van der Waals surface area contributed by atoms with Gasteiger partial charge in [-0.1, -0.05) is 25.4 Å². The Hall–Kier alpha value is -2.04. The largest absolute Gasteiger partial charge is 0.497 e. The van der Waals surface area contributed by atoms with Crippen molar-refractivity contribution >= 4 is 39.1 Å². The van der Waals surface area contributed by atoms with Crippen molar-refractivity contribution in [3.05, 3.63) is 41.4 Å². The molecule has 0 saturated carbocycles. The van der Waals surface area contributed by atoms with E-state index in [0.29, 0.717) is 10.9 Å². The number of aromatic nitrogens is 1. The number of anilines is 1. The third kappa shape index (κ3) is 3.80. The van der Waals surface area contributed by atoms with E-state index in [1.54, 1.807) is 7.11 Å². The number of pyridine rings is 1. The molecule has 25 heavy (non-hydrogen) atoms. The van der Waals surface area contributed by atoms with Crippen LogP contribution in [0.3, 0.4) is 0 Å². The number of rotatable bonds is 6. The molecule has 1 atom stereocenters. The van der Waals surface area contributed by atoms with Gasteiger partial charge in [0.25, 0.3) is 0 Å². The number of fused-ring (bicyclic) bond motifs is 2. The molecule has 1 heterocycles. The smallest absolute Gasteiger partial charge is 0.119 e. The summed E-state index contributed by atoms with van der Waals surface area (Å²) in [4.78, 5) is 4.73. The molecule has 0 amide bonds. The Labute approximate surface area is 152 Å². The van der Waals surface area contributed by atoms with E-state index in [1.165, 1.54) is 0 Å². The molecule has 132 valence electrons. The van der Waals surface area contributed by atoms with Crippen LogP contribution in [0.2, 0.25) is 5.02 Å². The van der Waals surface area contributed by atoms with Crippen LogP contribution in [0.25, 0.3) is 21.8 Å². The third-order valence-corrected chi connectivity index (χ3v) is 4.50. The summed E-state index contributed by atoms with van der Waals surface area (Å²) in [6.07, 6.45) is 0.874. The van der Waals surface area contributed by atoms with Gasteiger partial charge in [0.1, 0.15) is 5.75 Å². The molecule has 0 spiro atoms. The van der Waals surface area contributed by atoms with Crippen LogP contribution in [0.5, 0.6) is 5.75 Å². The second kappa shape index (κ2) is 7.46. The van der Waals surface area contributed by atoms with Crippen molar-refractivity contribution in [2.24, 2.45) is 5.92 Å². The van der Waals surface area contributed by atoms with Crippen LogP contribution >= 0.6 is 11.6 Å². The minimum Gasteiger partial charge on any atom is -0.497 e. The van der Waals surface area contributed by atoms with Crippen molar-refractivity contribution in [1.29, 1.82) is 0 Å². The molecule has 0 aliphatic carbocycles. The predicted octanol–water partition coefficient (Wildman–Crippen LogP) is 4.87. The zero-order valence-corrected chi connectivity index (χ0v) is 15.5. The van der Waals surface area contributed by atoms with Gasteiger partial charge < -0.3 is 15.2 Å². The maximum absolute atomic E-state index is 9.80. The molecular weight excluding hydrogens is 336 g/mol. The van der Waals surface area contributed by atoms with E-state index >= 15 is 0 Å². The Bertz CT molecular complexity index is 896. The molecule has 5 heteroatoms. The van der Waals surface area contributed by atoms with Crippen LogP contribution in [0, 0.1) is 5.92 Å². The summed E-state index contributed by atoms with van der Waals surface area (Å²) in [6, 6.07) is 11.5. The molecule has 1 aromatic heterocycles. The summed E-state index contributed by atoms with van der Waals surface area (Å²) in [5, 5.41) is 15.9. The van der Waals surface area contributed by atoms with Crippen molar-refractivity contribution in [1.82, 2.24) is 4.98 Å². The fourth-order valence-electron chi connectivity index (χ4n) is 3.13. The van der Waals surface area contributed by atoms with Crippen LogP contribution in [-0.2, 0) is 0 Å². The van der Waals surface area contributed by atoms with E-state index in [4.69, 9.17) is 21.3 Å². The van der Waals surface area contributed by atoms with E-state index in [-0.39, 0.29) is 12.6 Å². The highest BCUT2D eigenvalue weighted by molar-refractivity contribution is 6.31. The minimum absolute atomic E-state index is 0.0318. The zero-order chi connectivity index (χ0) is 18.0. The molecule has 0 unspecified atom stereocenters. The number of ether oxygens (including phenoxy) is 1. The molecule has 0 saturated heterocycles. The zero-order valence-electron chi connectivity index (χ0n) is 14.7. The molecule has 2 N–H and O–H groups in total. The standard InChI is InChI=1S/C20H23ClN2O2/c1-12(2)8-14(11-24)22-20-16-6-4-13(21)9-19(16)23-18-7-5-15(25-3)10-17(18)20/h4-7,9-10,12,14,24H,8,11H2,1-3H3,(H,22,23)/t14-/m0/s1. The van der Waals surface area contributed by atoms with E-state index in [1.807, 2.05) is 36.4 Å². The first-order valence-electron chi connectivity index (χ1n) is 8.46. The lowest BCUT2D eigenvalue weighted by Crippen LogP contribution is -2.25. The molecule has 3 rings (SSSR count). The summed E-state index contributed by atoms with van der Waals surface area (Å²) in [6.45, 7) is 4.37. The lowest BCUT2D eigenvalue weighted by atomic mass is 10.0. The second-order valence-corrected chi connectivity index (χ2v) is 7.12. The monoisotopic (exact) mass is 358 g/mol. The lowest BCUT2D eigenvalue weighted by molar-refractivity contribution is 0.259. The molecule has 2 aromatic carbocycles. The van der Waals surface area contributed by atoms with Gasteiger partial charge in [0.15, 0.2) is 0 Å². The Morgan fingerprint density at radius 2 is 1.92 bits per heavy atom. The SMILES string of the molecule is COc1ccc2nc3cc(Cl)ccc3c(N[C@H](CO)CC(C)C)c2c1. The van der Waals surface area contributed by atoms with Crippen molar-refractivity contribution < 1.29 is 9.84 Å². The molecule has 0 aliphatic heterocycles. The van der Waals surface area contributed by atoms with Crippen LogP contribution in [0.1, 0.15) is 20.3 Å². The number of benzene rings is 2. The van der Waals surface area contributed by atoms with Crippen molar-refractivity contribution in [2.75, 3.05) is 19.0 Å². The fourth-order valence-corrected chi connectivity index (χ4v) is 3.30. The number of hydrogen-bond acceptors (Lipinski definition) is 4. The van der Waals surface area contributed by atoms with Crippen LogP contribution < -0.4 is 10.1 Å². The number of methoxy groups -OCH3 is 1. The van der Waals surface area contributed by atoms with E-state index in [0.717, 1.165) is 39.7 Å². The van der Waals surface area contributed by atoms with Gasteiger partial charge in [0, 0.05) is 21.8 Å². The van der Waals surface area contributed by atoms with Gasteiger partial charge in [-0.25, -0.2) is 4.98 Å². The van der Waals surface area contributed by atoms with Gasteiger partial charge in [-0.3, -0.25) is 0 Å². The highest BCUT2D eigenvalue weighted by atomic mass is 35.5. The Morgan fingerprint density at radius 1 is 1.12 bits per heavy atom. The highest BCUT2D eigenvalue weighted by Gasteiger charge is 2.16. The Morgan fingerprint density at radius 3 is 2.60 bits per heavy atom. The normalized spacial score (nSPS) is 12.7. The Kier molecular flexibility index (Phi) is 5.30. The van der Waals surface area contributed by atoms with Gasteiger partial charge in [-0.05, 0) is 48.7 Å². The molecule has 0 bridgehead atoms. The van der Waals surface area contributed by atoms with E-state index in [2.05, 4.69) is 19.2 Å². The summed E-state index contributed by atoms with van der Waals surface area (Å²) in [5.41, 5.74) is 2.64. The summed E-state index contributed by atoms with van der Waals surface area (Å²) in [7, 11) is 1.65. The highest BCUT2D eigenvalue weighted by Crippen LogP contribution is 2.35. The second-order valence-electron chi connectivity index (χ2n) is 6.68. The lowest BCUT2D eigenvalue weighted by Gasteiger charge is -2.22. The van der Waals surface area contributed by atoms with E-state index in [9.17, 15) is 5.11 Å². The molecule has 0 aliphatic rings. The van der Waals surface area contributed by atoms with Crippen molar-refractivity contribution in [3.8, 4) is 5.75 Å². The van der Waals surface area contributed by atoms with Gasteiger partial charge in [-0.15, -0.1) is 0 Å². The first kappa shape index (κ1) is 17.8. The number of nitrogens with zero attached hydrogens (tertiary/aromatic N) is 1. The van der Waals surface area contributed by atoms with Crippen LogP contribution in [-0.4, -0.2) is 29.8 Å². The summed E-state index contributed by atoms with van der Waals surface area (Å²) in [5.74, 6) is 1.25. The molecule has 0 fully saturated rings. The maximum atomic E-state index is 9.80. The summed E-state index contributed by atoms with van der Waals surface area (Å²) < 4.78 is 5.38. The molecule has 0 radical (unpaired) electrons. The number of aliphatic hydroxyl groups excluding tert-OH is 1. The number of hydrogen-bond donors (Lipinski definition) is 2. The van der Waals surface area contributed by atoms with Gasteiger partial charge in [-0.2, -0.15) is 0 Å². The van der Waals surface area contributed by atoms with Crippen LogP contribution in [0.4, 0.5) is 5.69 Å². The number of nitrogens with one attached hydrogen (secondary N) is 1. The Balaban J connectivity index is 2.22. The van der Waals surface area contributed by atoms with Gasteiger partial charge in [0.2, 0.25) is 0 Å². The minimum atomic E-state index is -0.0318. The molecule has 3 aromatic rings. The number of halogens is 1. The van der Waals surface area contributed by atoms with Crippen molar-refractivity contribution in [3.63, 3.8) is 0 Å². The topological polar surface area (TPSA) is 54.4 Å². The van der Waals surface area contributed by atoms with Crippen molar-refractivity contribution in [2.45, 2.75) is 26.3 Å². The first-order chi connectivity index (χ1) is 12.0. The number of aliphatic hydroxyl groups is 1. The van der Waals surface area contributed by atoms with Gasteiger partial charge in [0.05, 0.1) is 30.4 Å². The molecule has 4 nitrogen and oxygen atoms in total. The molecular formula is C20H23ClN2O2. The first-order valence-corrected chi connectivity index (χ1v) is 8.84. The fraction of sp³-hybridized carbons (Fsp3) is 0.350. The summed E-state index contributed by atoms with van der Waals surface area (Å²) >= 11 is 6.15. The third-order valence-electron chi connectivity index (χ3n) is 4.27. The quantitative estimate of drug-likeness (QED) is 0.617. The average Bonchev–Trinajstić information content (AvgIpc) is 2.59. The average molecular weight is 359 g/mol. The van der Waals surface area contributed by atoms with E-state index < -0.39 is 0 Å². The predicted molar refractivity (Wildman–Crippen MR) is 105 cm³/mol. The van der Waals surface area contributed by atoms with Crippen LogP contribution in [0.15, 0.2) is 36.4 Å². The van der Waals surface area contributed by atoms with Gasteiger partial charge >= 0.3 is 0 Å². The maximum Gasteiger partial charge on any atom is 0.119 e.